The minimum absolute atomic E-state index is 0.766. The molecule has 0 atom stereocenters. The van der Waals surface area contributed by atoms with Gasteiger partial charge in [0.05, 0.1) is 17.4 Å². The van der Waals surface area contributed by atoms with Crippen LogP contribution in [0.1, 0.15) is 33.1 Å². The third-order valence-corrected chi connectivity index (χ3v) is 4.65. The van der Waals surface area contributed by atoms with Crippen molar-refractivity contribution in [1.29, 1.82) is 0 Å². The van der Waals surface area contributed by atoms with Gasteiger partial charge in [-0.25, -0.2) is 4.98 Å². The molecular formula is C17H25N3. The lowest BCUT2D eigenvalue weighted by molar-refractivity contribution is 0.168. The van der Waals surface area contributed by atoms with Crippen LogP contribution in [0.2, 0.25) is 0 Å². The third kappa shape index (κ3) is 2.88. The lowest BCUT2D eigenvalue weighted by atomic mass is 9.74. The van der Waals surface area contributed by atoms with Crippen molar-refractivity contribution < 1.29 is 0 Å². The second kappa shape index (κ2) is 5.96. The maximum atomic E-state index is 4.43. The van der Waals surface area contributed by atoms with Gasteiger partial charge in [-0.15, -0.1) is 0 Å². The van der Waals surface area contributed by atoms with Gasteiger partial charge in [0.1, 0.15) is 0 Å². The summed E-state index contributed by atoms with van der Waals surface area (Å²) in [6.45, 7) is 6.84. The summed E-state index contributed by atoms with van der Waals surface area (Å²) in [4.78, 5) is 4.43. The van der Waals surface area contributed by atoms with Gasteiger partial charge in [0.25, 0.3) is 0 Å². The number of para-hydroxylation sites is 2. The minimum Gasteiger partial charge on any atom is -0.331 e. The zero-order valence-corrected chi connectivity index (χ0v) is 12.5. The zero-order valence-electron chi connectivity index (χ0n) is 12.5. The molecule has 0 radical (unpaired) electrons. The molecule has 0 unspecified atom stereocenters. The monoisotopic (exact) mass is 271 g/mol. The summed E-state index contributed by atoms with van der Waals surface area (Å²) in [5.41, 5.74) is 2.34. The van der Waals surface area contributed by atoms with E-state index in [1.54, 1.807) is 0 Å². The molecule has 3 nitrogen and oxygen atoms in total. The van der Waals surface area contributed by atoms with Crippen LogP contribution in [-0.2, 0) is 6.54 Å². The Morgan fingerprint density at radius 1 is 1.30 bits per heavy atom. The van der Waals surface area contributed by atoms with Gasteiger partial charge in [-0.3, -0.25) is 0 Å². The highest BCUT2D eigenvalue weighted by molar-refractivity contribution is 5.74. The Labute approximate surface area is 121 Å². The van der Waals surface area contributed by atoms with Gasteiger partial charge in [-0.2, -0.15) is 0 Å². The molecule has 2 aromatic rings. The highest BCUT2D eigenvalue weighted by Gasteiger charge is 2.30. The van der Waals surface area contributed by atoms with Crippen LogP contribution in [0, 0.1) is 11.8 Å². The lowest BCUT2D eigenvalue weighted by Gasteiger charge is -2.38. The molecule has 1 fully saturated rings. The molecule has 1 saturated carbocycles. The second-order valence-corrected chi connectivity index (χ2v) is 6.41. The van der Waals surface area contributed by atoms with Crippen LogP contribution in [0.15, 0.2) is 30.6 Å². The summed E-state index contributed by atoms with van der Waals surface area (Å²) in [5, 5.41) is 3.68. The van der Waals surface area contributed by atoms with Crippen molar-refractivity contribution in [2.24, 2.45) is 11.8 Å². The topological polar surface area (TPSA) is 29.9 Å². The van der Waals surface area contributed by atoms with Crippen molar-refractivity contribution in [3.63, 3.8) is 0 Å². The van der Waals surface area contributed by atoms with E-state index in [4.69, 9.17) is 0 Å². The smallest absolute Gasteiger partial charge is 0.0958 e. The summed E-state index contributed by atoms with van der Waals surface area (Å²) in [5.74, 6) is 1.80. The standard InChI is InChI=1S/C17H25N3/c1-13(2)14-10-15(11-14)18-8-5-9-20-12-19-16-6-3-4-7-17(16)20/h3-4,6-7,12-15,18H,5,8-11H2,1-2H3. The van der Waals surface area contributed by atoms with Crippen LogP contribution < -0.4 is 5.32 Å². The SMILES string of the molecule is CC(C)C1CC(NCCCn2cnc3ccccc32)C1. The number of hydrogen-bond acceptors (Lipinski definition) is 2. The van der Waals surface area contributed by atoms with Crippen LogP contribution in [-0.4, -0.2) is 22.1 Å². The molecule has 0 aliphatic heterocycles. The molecule has 1 N–H and O–H groups in total. The molecule has 20 heavy (non-hydrogen) atoms. The quantitative estimate of drug-likeness (QED) is 0.816. The van der Waals surface area contributed by atoms with Gasteiger partial charge in [-0.1, -0.05) is 26.0 Å². The first-order valence-corrected chi connectivity index (χ1v) is 7.87. The fourth-order valence-electron chi connectivity index (χ4n) is 3.12. The van der Waals surface area contributed by atoms with E-state index >= 15 is 0 Å². The summed E-state index contributed by atoms with van der Waals surface area (Å²) >= 11 is 0. The van der Waals surface area contributed by atoms with E-state index in [0.717, 1.165) is 36.5 Å². The highest BCUT2D eigenvalue weighted by Crippen LogP contribution is 2.33. The number of aromatic nitrogens is 2. The number of benzene rings is 1. The van der Waals surface area contributed by atoms with Crippen LogP contribution in [0.4, 0.5) is 0 Å². The minimum atomic E-state index is 0.766. The van der Waals surface area contributed by atoms with Crippen molar-refractivity contribution in [2.75, 3.05) is 6.54 Å². The maximum Gasteiger partial charge on any atom is 0.0958 e. The molecule has 1 aliphatic carbocycles. The Morgan fingerprint density at radius 3 is 2.90 bits per heavy atom. The van der Waals surface area contributed by atoms with Crippen molar-refractivity contribution >= 4 is 11.0 Å². The first-order chi connectivity index (χ1) is 9.74. The number of hydrogen-bond donors (Lipinski definition) is 1. The second-order valence-electron chi connectivity index (χ2n) is 6.41. The third-order valence-electron chi connectivity index (χ3n) is 4.65. The molecule has 108 valence electrons. The highest BCUT2D eigenvalue weighted by atomic mass is 15.0. The molecule has 1 aliphatic rings. The molecule has 0 spiro atoms. The molecule has 1 aromatic heterocycles. The van der Waals surface area contributed by atoms with E-state index in [9.17, 15) is 0 Å². The fraction of sp³-hybridized carbons (Fsp3) is 0.588. The maximum absolute atomic E-state index is 4.43. The summed E-state index contributed by atoms with van der Waals surface area (Å²) in [7, 11) is 0. The van der Waals surface area contributed by atoms with E-state index in [1.807, 2.05) is 12.4 Å². The van der Waals surface area contributed by atoms with Gasteiger partial charge < -0.3 is 9.88 Å². The summed E-state index contributed by atoms with van der Waals surface area (Å²) < 4.78 is 2.26. The Kier molecular flexibility index (Phi) is 4.06. The number of fused-ring (bicyclic) bond motifs is 1. The molecule has 0 amide bonds. The summed E-state index contributed by atoms with van der Waals surface area (Å²) in [6, 6.07) is 9.11. The van der Waals surface area contributed by atoms with Gasteiger partial charge in [0, 0.05) is 12.6 Å². The first kappa shape index (κ1) is 13.6. The number of imidazole rings is 1. The number of rotatable bonds is 6. The Morgan fingerprint density at radius 2 is 2.10 bits per heavy atom. The molecule has 3 rings (SSSR count). The van der Waals surface area contributed by atoms with E-state index in [-0.39, 0.29) is 0 Å². The fourth-order valence-corrected chi connectivity index (χ4v) is 3.12. The van der Waals surface area contributed by atoms with Crippen LogP contribution >= 0.6 is 0 Å². The first-order valence-electron chi connectivity index (χ1n) is 7.87. The van der Waals surface area contributed by atoms with Crippen LogP contribution in [0.3, 0.4) is 0 Å². The normalized spacial score (nSPS) is 22.4. The van der Waals surface area contributed by atoms with Crippen molar-refractivity contribution in [3.05, 3.63) is 30.6 Å². The zero-order chi connectivity index (χ0) is 13.9. The Hall–Kier alpha value is -1.35. The van der Waals surface area contributed by atoms with Crippen molar-refractivity contribution in [2.45, 2.75) is 45.7 Å². The average molecular weight is 271 g/mol. The van der Waals surface area contributed by atoms with E-state index in [1.165, 1.54) is 24.8 Å². The lowest BCUT2D eigenvalue weighted by Crippen LogP contribution is -2.43. The van der Waals surface area contributed by atoms with Gasteiger partial charge in [0.2, 0.25) is 0 Å². The van der Waals surface area contributed by atoms with Crippen molar-refractivity contribution in [3.8, 4) is 0 Å². The Balaban J connectivity index is 1.40. The number of aryl methyl sites for hydroxylation is 1. The average Bonchev–Trinajstić information content (AvgIpc) is 2.79. The van der Waals surface area contributed by atoms with Gasteiger partial charge in [-0.05, 0) is 49.8 Å². The predicted molar refractivity (Wildman–Crippen MR) is 83.7 cm³/mol. The van der Waals surface area contributed by atoms with Crippen LogP contribution in [0.25, 0.3) is 11.0 Å². The molecular weight excluding hydrogens is 246 g/mol. The number of nitrogens with zero attached hydrogens (tertiary/aromatic N) is 2. The number of nitrogens with one attached hydrogen (secondary N) is 1. The molecule has 1 heterocycles. The van der Waals surface area contributed by atoms with E-state index in [0.29, 0.717) is 0 Å². The largest absolute Gasteiger partial charge is 0.331 e. The van der Waals surface area contributed by atoms with Crippen LogP contribution in [0.5, 0.6) is 0 Å². The molecule has 3 heteroatoms. The van der Waals surface area contributed by atoms with Gasteiger partial charge >= 0.3 is 0 Å². The molecule has 0 saturated heterocycles. The Bertz CT molecular complexity index is 552. The predicted octanol–water partition coefficient (Wildman–Crippen LogP) is 3.45. The summed E-state index contributed by atoms with van der Waals surface area (Å²) in [6.07, 6.45) is 5.86. The van der Waals surface area contributed by atoms with E-state index in [2.05, 4.69) is 46.9 Å². The van der Waals surface area contributed by atoms with E-state index < -0.39 is 0 Å². The van der Waals surface area contributed by atoms with Crippen molar-refractivity contribution in [1.82, 2.24) is 14.9 Å². The molecule has 1 aromatic carbocycles. The molecule has 0 bridgehead atoms. The van der Waals surface area contributed by atoms with Gasteiger partial charge in [0.15, 0.2) is 0 Å².